The molecule has 1 heterocycles. The molecule has 82 valence electrons. The van der Waals surface area contributed by atoms with Gasteiger partial charge in [0.25, 0.3) is 0 Å². The summed E-state index contributed by atoms with van der Waals surface area (Å²) in [7, 11) is 0. The number of rotatable bonds is 2. The zero-order valence-corrected chi connectivity index (χ0v) is 8.77. The first kappa shape index (κ1) is 9.39. The lowest BCUT2D eigenvalue weighted by molar-refractivity contribution is 0.00783. The van der Waals surface area contributed by atoms with Crippen molar-refractivity contribution < 1.29 is 9.53 Å². The Kier molecular flexibility index (Phi) is 2.13. The van der Waals surface area contributed by atoms with Crippen molar-refractivity contribution in [1.82, 2.24) is 9.97 Å². The van der Waals surface area contributed by atoms with Crippen LogP contribution in [0.4, 0.5) is 0 Å². The summed E-state index contributed by atoms with van der Waals surface area (Å²) in [6.07, 6.45) is 3.21. The molecule has 0 amide bonds. The molecule has 1 aliphatic rings. The number of imidazole rings is 1. The maximum atomic E-state index is 11.7. The van der Waals surface area contributed by atoms with Gasteiger partial charge in [-0.3, -0.25) is 0 Å². The van der Waals surface area contributed by atoms with Crippen molar-refractivity contribution in [1.29, 1.82) is 0 Å². The fourth-order valence-corrected chi connectivity index (χ4v) is 1.75. The number of hydrogen-bond donors (Lipinski definition) is 1. The summed E-state index contributed by atoms with van der Waals surface area (Å²) < 4.78 is 5.27. The van der Waals surface area contributed by atoms with Gasteiger partial charge in [-0.25, -0.2) is 9.78 Å². The van der Waals surface area contributed by atoms with Gasteiger partial charge in [0.15, 0.2) is 0 Å². The molecule has 0 bridgehead atoms. The van der Waals surface area contributed by atoms with E-state index in [1.807, 2.05) is 24.3 Å². The van der Waals surface area contributed by atoms with Crippen LogP contribution in [-0.4, -0.2) is 22.0 Å². The van der Waals surface area contributed by atoms with E-state index in [0.717, 1.165) is 30.3 Å². The summed E-state index contributed by atoms with van der Waals surface area (Å²) in [5.74, 6) is -0.0472. The van der Waals surface area contributed by atoms with E-state index in [1.165, 1.54) is 0 Å². The van der Waals surface area contributed by atoms with Crippen LogP contribution >= 0.6 is 0 Å². The van der Waals surface area contributed by atoms with Crippen LogP contribution in [0.25, 0.3) is 11.0 Å². The second-order valence-corrected chi connectivity index (χ2v) is 4.06. The van der Waals surface area contributed by atoms with Crippen molar-refractivity contribution in [3.05, 3.63) is 30.1 Å². The van der Waals surface area contributed by atoms with E-state index >= 15 is 0 Å². The molecule has 1 fully saturated rings. The van der Waals surface area contributed by atoms with Crippen LogP contribution in [0.15, 0.2) is 24.3 Å². The molecule has 0 atom stereocenters. The Morgan fingerprint density at radius 1 is 1.38 bits per heavy atom. The molecule has 1 aliphatic carbocycles. The van der Waals surface area contributed by atoms with Gasteiger partial charge in [-0.15, -0.1) is 0 Å². The number of nitrogens with one attached hydrogen (secondary N) is 1. The number of fused-ring (bicyclic) bond motifs is 1. The monoisotopic (exact) mass is 216 g/mol. The number of nitrogens with zero attached hydrogens (tertiary/aromatic N) is 1. The van der Waals surface area contributed by atoms with E-state index in [4.69, 9.17) is 4.74 Å². The number of ether oxygens (including phenoxy) is 1. The van der Waals surface area contributed by atoms with E-state index in [2.05, 4.69) is 9.97 Å². The zero-order chi connectivity index (χ0) is 11.0. The topological polar surface area (TPSA) is 55.0 Å². The van der Waals surface area contributed by atoms with Crippen LogP contribution < -0.4 is 0 Å². The smallest absolute Gasteiger partial charge is 0.374 e. The Labute approximate surface area is 92.6 Å². The van der Waals surface area contributed by atoms with Gasteiger partial charge in [0.1, 0.15) is 6.10 Å². The first-order valence-corrected chi connectivity index (χ1v) is 5.49. The SMILES string of the molecule is O=C(OC1CCC1)c1nc2ccccc2[nH]1. The molecule has 16 heavy (non-hydrogen) atoms. The first-order valence-electron chi connectivity index (χ1n) is 5.49. The highest BCUT2D eigenvalue weighted by Crippen LogP contribution is 2.23. The number of carbonyl (C=O) groups is 1. The molecular weight excluding hydrogens is 204 g/mol. The molecule has 1 aromatic heterocycles. The van der Waals surface area contributed by atoms with Crippen molar-refractivity contribution in [2.75, 3.05) is 0 Å². The Morgan fingerprint density at radius 2 is 2.19 bits per heavy atom. The molecule has 1 N–H and O–H groups in total. The lowest BCUT2D eigenvalue weighted by Crippen LogP contribution is -2.25. The normalized spacial score (nSPS) is 16.0. The van der Waals surface area contributed by atoms with Crippen LogP contribution in [0.1, 0.15) is 29.9 Å². The van der Waals surface area contributed by atoms with Crippen LogP contribution in [0.3, 0.4) is 0 Å². The van der Waals surface area contributed by atoms with Gasteiger partial charge >= 0.3 is 5.97 Å². The van der Waals surface area contributed by atoms with Gasteiger partial charge in [-0.2, -0.15) is 0 Å². The summed E-state index contributed by atoms with van der Waals surface area (Å²) in [6.45, 7) is 0. The van der Waals surface area contributed by atoms with Crippen LogP contribution in [-0.2, 0) is 4.74 Å². The number of H-pyrrole nitrogens is 1. The molecule has 1 saturated carbocycles. The maximum Gasteiger partial charge on any atom is 0.374 e. The van der Waals surface area contributed by atoms with Crippen molar-refractivity contribution in [3.8, 4) is 0 Å². The summed E-state index contributed by atoms with van der Waals surface area (Å²) in [5, 5.41) is 0. The molecule has 1 aromatic carbocycles. The molecule has 4 heteroatoms. The molecule has 0 aliphatic heterocycles. The number of para-hydroxylation sites is 2. The van der Waals surface area contributed by atoms with Gasteiger partial charge in [0.05, 0.1) is 11.0 Å². The average Bonchev–Trinajstić information content (AvgIpc) is 2.66. The number of benzene rings is 1. The Morgan fingerprint density at radius 3 is 2.88 bits per heavy atom. The minimum atomic E-state index is -0.346. The molecular formula is C12H12N2O2. The van der Waals surface area contributed by atoms with Crippen molar-refractivity contribution in [2.45, 2.75) is 25.4 Å². The third kappa shape index (κ3) is 1.56. The summed E-state index contributed by atoms with van der Waals surface area (Å²) in [4.78, 5) is 18.9. The largest absolute Gasteiger partial charge is 0.457 e. The van der Waals surface area contributed by atoms with Gasteiger partial charge < -0.3 is 9.72 Å². The number of carbonyl (C=O) groups excluding carboxylic acids is 1. The minimum Gasteiger partial charge on any atom is -0.457 e. The number of aromatic nitrogens is 2. The quantitative estimate of drug-likeness (QED) is 0.783. The summed E-state index contributed by atoms with van der Waals surface area (Å²) in [6, 6.07) is 7.56. The van der Waals surface area contributed by atoms with E-state index in [1.54, 1.807) is 0 Å². The minimum absolute atomic E-state index is 0.0979. The lowest BCUT2D eigenvalue weighted by atomic mass is 9.96. The Hall–Kier alpha value is -1.84. The van der Waals surface area contributed by atoms with E-state index in [9.17, 15) is 4.79 Å². The maximum absolute atomic E-state index is 11.7. The third-order valence-electron chi connectivity index (χ3n) is 2.91. The van der Waals surface area contributed by atoms with E-state index < -0.39 is 0 Å². The third-order valence-corrected chi connectivity index (χ3v) is 2.91. The summed E-state index contributed by atoms with van der Waals surface area (Å²) in [5.41, 5.74) is 1.66. The molecule has 0 unspecified atom stereocenters. The molecule has 4 nitrogen and oxygen atoms in total. The van der Waals surface area contributed by atoms with E-state index in [0.29, 0.717) is 5.82 Å². The molecule has 2 aromatic rings. The van der Waals surface area contributed by atoms with Crippen molar-refractivity contribution in [3.63, 3.8) is 0 Å². The molecule has 0 spiro atoms. The fraction of sp³-hybridized carbons (Fsp3) is 0.333. The van der Waals surface area contributed by atoms with Crippen molar-refractivity contribution in [2.24, 2.45) is 0 Å². The van der Waals surface area contributed by atoms with Gasteiger partial charge in [-0.1, -0.05) is 12.1 Å². The molecule has 0 radical (unpaired) electrons. The predicted molar refractivity (Wildman–Crippen MR) is 59.1 cm³/mol. The van der Waals surface area contributed by atoms with Crippen LogP contribution in [0.5, 0.6) is 0 Å². The van der Waals surface area contributed by atoms with Crippen LogP contribution in [0, 0.1) is 0 Å². The number of esters is 1. The van der Waals surface area contributed by atoms with Gasteiger partial charge in [0, 0.05) is 0 Å². The Balaban J connectivity index is 1.84. The zero-order valence-electron chi connectivity index (χ0n) is 8.77. The van der Waals surface area contributed by atoms with Gasteiger partial charge in [-0.05, 0) is 31.4 Å². The predicted octanol–water partition coefficient (Wildman–Crippen LogP) is 2.27. The first-order chi connectivity index (χ1) is 7.83. The highest BCUT2D eigenvalue weighted by atomic mass is 16.5. The van der Waals surface area contributed by atoms with Gasteiger partial charge in [0.2, 0.25) is 5.82 Å². The molecule has 3 rings (SSSR count). The molecule has 0 saturated heterocycles. The average molecular weight is 216 g/mol. The Bertz CT molecular complexity index is 496. The van der Waals surface area contributed by atoms with Crippen LogP contribution in [0.2, 0.25) is 0 Å². The van der Waals surface area contributed by atoms with E-state index in [-0.39, 0.29) is 12.1 Å². The lowest BCUT2D eigenvalue weighted by Gasteiger charge is -2.24. The standard InChI is InChI=1S/C12H12N2O2/c15-12(16-8-4-3-5-8)11-13-9-6-1-2-7-10(9)14-11/h1-2,6-8H,3-5H2,(H,13,14). The number of hydrogen-bond acceptors (Lipinski definition) is 3. The second-order valence-electron chi connectivity index (χ2n) is 4.06. The summed E-state index contributed by atoms with van der Waals surface area (Å²) >= 11 is 0. The second kappa shape index (κ2) is 3.63. The highest BCUT2D eigenvalue weighted by molar-refractivity contribution is 5.90. The number of aromatic amines is 1. The van der Waals surface area contributed by atoms with Crippen molar-refractivity contribution >= 4 is 17.0 Å². The fourth-order valence-electron chi connectivity index (χ4n) is 1.75. The highest BCUT2D eigenvalue weighted by Gasteiger charge is 2.23.